The number of amides is 1. The zero-order chi connectivity index (χ0) is 17.3. The molecule has 24 heavy (non-hydrogen) atoms. The Balaban J connectivity index is 1.60. The Hall–Kier alpha value is -2.14. The zero-order valence-electron chi connectivity index (χ0n) is 14.9. The second-order valence-electron chi connectivity index (χ2n) is 6.76. The fourth-order valence-electron chi connectivity index (χ4n) is 3.38. The van der Waals surface area contributed by atoms with Gasteiger partial charge in [-0.05, 0) is 45.4 Å². The SMILES string of the molecule is CCC(C(=O)Nc1ccc(C)cc1)N1CC(n2nc(C)cc2C)C1. The van der Waals surface area contributed by atoms with E-state index in [1.807, 2.05) is 38.1 Å². The molecule has 128 valence electrons. The van der Waals surface area contributed by atoms with Crippen LogP contribution in [0.2, 0.25) is 0 Å². The Labute approximate surface area is 143 Å². The summed E-state index contributed by atoms with van der Waals surface area (Å²) in [5, 5.41) is 7.60. The van der Waals surface area contributed by atoms with E-state index in [2.05, 4.69) is 39.9 Å². The van der Waals surface area contributed by atoms with Crippen LogP contribution in [0.3, 0.4) is 0 Å². The molecule has 5 heteroatoms. The Bertz CT molecular complexity index is 713. The second-order valence-corrected chi connectivity index (χ2v) is 6.76. The van der Waals surface area contributed by atoms with Crippen molar-refractivity contribution in [2.75, 3.05) is 18.4 Å². The number of nitrogens with zero attached hydrogens (tertiary/aromatic N) is 3. The van der Waals surface area contributed by atoms with Gasteiger partial charge in [0, 0.05) is 24.5 Å². The molecule has 1 aromatic carbocycles. The lowest BCUT2D eigenvalue weighted by molar-refractivity contribution is -0.124. The molecule has 1 aliphatic heterocycles. The number of rotatable bonds is 5. The van der Waals surface area contributed by atoms with Gasteiger partial charge in [0.1, 0.15) is 0 Å². The van der Waals surface area contributed by atoms with Crippen molar-refractivity contribution in [3.63, 3.8) is 0 Å². The molecule has 1 unspecified atom stereocenters. The first-order valence-electron chi connectivity index (χ1n) is 8.62. The molecular weight excluding hydrogens is 300 g/mol. The summed E-state index contributed by atoms with van der Waals surface area (Å²) < 4.78 is 2.09. The second kappa shape index (κ2) is 6.77. The minimum absolute atomic E-state index is 0.0770. The van der Waals surface area contributed by atoms with Gasteiger partial charge < -0.3 is 5.32 Å². The van der Waals surface area contributed by atoms with Crippen LogP contribution in [0, 0.1) is 20.8 Å². The minimum Gasteiger partial charge on any atom is -0.325 e. The first-order valence-corrected chi connectivity index (χ1v) is 8.62. The molecule has 0 aliphatic carbocycles. The first-order chi connectivity index (χ1) is 11.5. The summed E-state index contributed by atoms with van der Waals surface area (Å²) in [4.78, 5) is 14.8. The van der Waals surface area contributed by atoms with E-state index in [4.69, 9.17) is 0 Å². The fraction of sp³-hybridized carbons (Fsp3) is 0.474. The monoisotopic (exact) mass is 326 g/mol. The molecule has 1 saturated heterocycles. The predicted octanol–water partition coefficient (Wildman–Crippen LogP) is 3.08. The summed E-state index contributed by atoms with van der Waals surface area (Å²) in [6.07, 6.45) is 0.807. The molecule has 1 N–H and O–H groups in total. The average molecular weight is 326 g/mol. The quantitative estimate of drug-likeness (QED) is 0.918. The number of benzene rings is 1. The number of likely N-dealkylation sites (tertiary alicyclic amines) is 1. The number of hydrogen-bond acceptors (Lipinski definition) is 3. The predicted molar refractivity (Wildman–Crippen MR) is 96.2 cm³/mol. The van der Waals surface area contributed by atoms with Crippen LogP contribution in [0.5, 0.6) is 0 Å². The van der Waals surface area contributed by atoms with E-state index in [0.29, 0.717) is 6.04 Å². The van der Waals surface area contributed by atoms with E-state index >= 15 is 0 Å². The van der Waals surface area contributed by atoms with Gasteiger partial charge in [-0.1, -0.05) is 24.6 Å². The lowest BCUT2D eigenvalue weighted by atomic mass is 10.0. The summed E-state index contributed by atoms with van der Waals surface area (Å²) in [5.74, 6) is 0.0770. The van der Waals surface area contributed by atoms with Crippen LogP contribution < -0.4 is 5.32 Å². The molecule has 0 spiro atoms. The number of aryl methyl sites for hydroxylation is 3. The van der Waals surface area contributed by atoms with Crippen LogP contribution in [0.4, 0.5) is 5.69 Å². The molecule has 2 heterocycles. The highest BCUT2D eigenvalue weighted by Crippen LogP contribution is 2.26. The smallest absolute Gasteiger partial charge is 0.241 e. The molecule has 2 aromatic rings. The number of hydrogen-bond donors (Lipinski definition) is 1. The van der Waals surface area contributed by atoms with Crippen LogP contribution in [-0.2, 0) is 4.79 Å². The third-order valence-electron chi connectivity index (χ3n) is 4.73. The first kappa shape index (κ1) is 16.7. The molecule has 5 nitrogen and oxygen atoms in total. The van der Waals surface area contributed by atoms with Gasteiger partial charge in [0.2, 0.25) is 5.91 Å². The van der Waals surface area contributed by atoms with Gasteiger partial charge in [-0.15, -0.1) is 0 Å². The maximum atomic E-state index is 12.6. The van der Waals surface area contributed by atoms with Crippen molar-refractivity contribution >= 4 is 11.6 Å². The topological polar surface area (TPSA) is 50.2 Å². The lowest BCUT2D eigenvalue weighted by Gasteiger charge is -2.43. The molecule has 1 fully saturated rings. The van der Waals surface area contributed by atoms with Gasteiger partial charge in [-0.2, -0.15) is 5.10 Å². The van der Waals surface area contributed by atoms with E-state index in [1.54, 1.807) is 0 Å². The maximum Gasteiger partial charge on any atom is 0.241 e. The average Bonchev–Trinajstić information content (AvgIpc) is 2.83. The fourth-order valence-corrected chi connectivity index (χ4v) is 3.38. The van der Waals surface area contributed by atoms with E-state index in [1.165, 1.54) is 11.3 Å². The van der Waals surface area contributed by atoms with Gasteiger partial charge in [-0.3, -0.25) is 14.4 Å². The molecule has 0 radical (unpaired) electrons. The number of anilines is 1. The van der Waals surface area contributed by atoms with E-state index in [9.17, 15) is 4.79 Å². The zero-order valence-corrected chi connectivity index (χ0v) is 14.9. The molecular formula is C19H26N4O. The Morgan fingerprint density at radius 3 is 2.46 bits per heavy atom. The minimum atomic E-state index is -0.0838. The summed E-state index contributed by atoms with van der Waals surface area (Å²) in [6, 6.07) is 10.3. The molecule has 1 aromatic heterocycles. The third kappa shape index (κ3) is 3.36. The van der Waals surface area contributed by atoms with E-state index in [-0.39, 0.29) is 11.9 Å². The Morgan fingerprint density at radius 2 is 1.92 bits per heavy atom. The summed E-state index contributed by atoms with van der Waals surface area (Å²) in [5.41, 5.74) is 4.29. The maximum absolute atomic E-state index is 12.6. The normalized spacial score (nSPS) is 16.7. The van der Waals surface area contributed by atoms with Crippen LogP contribution in [-0.4, -0.2) is 39.7 Å². The van der Waals surface area contributed by atoms with Crippen molar-refractivity contribution in [2.45, 2.75) is 46.2 Å². The summed E-state index contributed by atoms with van der Waals surface area (Å²) in [7, 11) is 0. The van der Waals surface area contributed by atoms with Gasteiger partial charge in [-0.25, -0.2) is 0 Å². The van der Waals surface area contributed by atoms with Crippen LogP contribution in [0.1, 0.15) is 36.3 Å². The number of carbonyl (C=O) groups excluding carboxylic acids is 1. The van der Waals surface area contributed by atoms with Gasteiger partial charge >= 0.3 is 0 Å². The Morgan fingerprint density at radius 1 is 1.25 bits per heavy atom. The molecule has 0 bridgehead atoms. The third-order valence-corrected chi connectivity index (χ3v) is 4.73. The molecule has 0 saturated carbocycles. The molecule has 1 atom stereocenters. The highest BCUT2D eigenvalue weighted by atomic mass is 16.2. The highest BCUT2D eigenvalue weighted by molar-refractivity contribution is 5.94. The summed E-state index contributed by atoms with van der Waals surface area (Å²) in [6.45, 7) is 9.97. The molecule has 1 aliphatic rings. The van der Waals surface area contributed by atoms with Crippen LogP contribution in [0.15, 0.2) is 30.3 Å². The van der Waals surface area contributed by atoms with Crippen molar-refractivity contribution in [3.05, 3.63) is 47.3 Å². The van der Waals surface area contributed by atoms with Gasteiger partial charge in [0.05, 0.1) is 17.8 Å². The van der Waals surface area contributed by atoms with Crippen molar-refractivity contribution in [1.82, 2.24) is 14.7 Å². The summed E-state index contributed by atoms with van der Waals surface area (Å²) >= 11 is 0. The van der Waals surface area contributed by atoms with Gasteiger partial charge in [0.15, 0.2) is 0 Å². The standard InChI is InChI=1S/C19H26N4O/c1-5-18(19(24)20-16-8-6-13(2)7-9-16)22-11-17(12-22)23-15(4)10-14(3)21-23/h6-10,17-18H,5,11-12H2,1-4H3,(H,20,24). The largest absolute Gasteiger partial charge is 0.325 e. The van der Waals surface area contributed by atoms with Crippen molar-refractivity contribution in [2.24, 2.45) is 0 Å². The van der Waals surface area contributed by atoms with Crippen molar-refractivity contribution < 1.29 is 4.79 Å². The van der Waals surface area contributed by atoms with Gasteiger partial charge in [0.25, 0.3) is 0 Å². The number of nitrogens with one attached hydrogen (secondary N) is 1. The molecule has 3 rings (SSSR count). The number of carbonyl (C=O) groups is 1. The van der Waals surface area contributed by atoms with Crippen molar-refractivity contribution in [1.29, 1.82) is 0 Å². The highest BCUT2D eigenvalue weighted by Gasteiger charge is 2.36. The van der Waals surface area contributed by atoms with E-state index in [0.717, 1.165) is 30.9 Å². The van der Waals surface area contributed by atoms with E-state index < -0.39 is 0 Å². The van der Waals surface area contributed by atoms with Crippen LogP contribution >= 0.6 is 0 Å². The number of aromatic nitrogens is 2. The molecule has 1 amide bonds. The van der Waals surface area contributed by atoms with Crippen molar-refractivity contribution in [3.8, 4) is 0 Å². The Kier molecular flexibility index (Phi) is 4.71. The lowest BCUT2D eigenvalue weighted by Crippen LogP contribution is -2.56. The van der Waals surface area contributed by atoms with Crippen LogP contribution in [0.25, 0.3) is 0 Å².